The lowest BCUT2D eigenvalue weighted by atomic mass is 10.1. The lowest BCUT2D eigenvalue weighted by Gasteiger charge is -2.08. The molecule has 0 atom stereocenters. The standard InChI is InChI=1S/C16H15BrN2O3/c1-11-4-7-19(8-5-11)9-6-15(20)18-14-3-2-12(17)10-13(14)16(21)22/h2-5,7-8,10H,6,9H2,1H3,(H-,18,20,21,22)/p+1. The van der Waals surface area contributed by atoms with Gasteiger partial charge >= 0.3 is 5.97 Å². The van der Waals surface area contributed by atoms with E-state index in [0.29, 0.717) is 16.7 Å². The van der Waals surface area contributed by atoms with E-state index in [0.717, 1.165) is 5.56 Å². The first-order chi connectivity index (χ1) is 10.5. The summed E-state index contributed by atoms with van der Waals surface area (Å²) in [6.07, 6.45) is 4.08. The maximum absolute atomic E-state index is 12.0. The average molecular weight is 364 g/mol. The summed E-state index contributed by atoms with van der Waals surface area (Å²) in [6, 6.07) is 8.66. The maximum atomic E-state index is 12.0. The Morgan fingerprint density at radius 3 is 2.55 bits per heavy atom. The molecule has 6 heteroatoms. The summed E-state index contributed by atoms with van der Waals surface area (Å²) in [5.41, 5.74) is 1.52. The third kappa shape index (κ3) is 4.39. The summed E-state index contributed by atoms with van der Waals surface area (Å²) in [4.78, 5) is 23.2. The number of aromatic carboxylic acids is 1. The fraction of sp³-hybridized carbons (Fsp3) is 0.188. The van der Waals surface area contributed by atoms with Gasteiger partial charge in [-0.05, 0) is 30.7 Å². The lowest BCUT2D eigenvalue weighted by Crippen LogP contribution is -2.34. The van der Waals surface area contributed by atoms with Gasteiger partial charge in [0.2, 0.25) is 5.91 Å². The summed E-state index contributed by atoms with van der Waals surface area (Å²) in [5.74, 6) is -1.30. The van der Waals surface area contributed by atoms with Gasteiger partial charge in [-0.25, -0.2) is 9.36 Å². The largest absolute Gasteiger partial charge is 0.478 e. The predicted octanol–water partition coefficient (Wildman–Crippen LogP) is 2.77. The molecule has 0 saturated carbocycles. The van der Waals surface area contributed by atoms with Crippen LogP contribution in [-0.2, 0) is 11.3 Å². The van der Waals surface area contributed by atoms with Crippen molar-refractivity contribution in [3.63, 3.8) is 0 Å². The van der Waals surface area contributed by atoms with Crippen molar-refractivity contribution >= 4 is 33.5 Å². The normalized spacial score (nSPS) is 10.3. The molecule has 5 nitrogen and oxygen atoms in total. The third-order valence-electron chi connectivity index (χ3n) is 3.14. The van der Waals surface area contributed by atoms with Crippen molar-refractivity contribution in [3.8, 4) is 0 Å². The van der Waals surface area contributed by atoms with Crippen LogP contribution in [0, 0.1) is 6.92 Å². The molecule has 2 N–H and O–H groups in total. The van der Waals surface area contributed by atoms with Crippen LogP contribution in [0.2, 0.25) is 0 Å². The average Bonchev–Trinajstić information content (AvgIpc) is 2.48. The Balaban J connectivity index is 2.00. The van der Waals surface area contributed by atoms with Crippen LogP contribution >= 0.6 is 15.9 Å². The van der Waals surface area contributed by atoms with E-state index >= 15 is 0 Å². The Kier molecular flexibility index (Phi) is 5.27. The SMILES string of the molecule is Cc1cc[n+](CCC(=O)Nc2ccc(Br)cc2C(=O)O)cc1. The van der Waals surface area contributed by atoms with Crippen molar-refractivity contribution in [1.82, 2.24) is 0 Å². The van der Waals surface area contributed by atoms with E-state index in [2.05, 4.69) is 21.2 Å². The van der Waals surface area contributed by atoms with Crippen LogP contribution in [0.4, 0.5) is 5.69 Å². The second-order valence-electron chi connectivity index (χ2n) is 4.91. The molecule has 0 spiro atoms. The molecule has 1 heterocycles. The lowest BCUT2D eigenvalue weighted by molar-refractivity contribution is -0.695. The first-order valence-electron chi connectivity index (χ1n) is 6.74. The van der Waals surface area contributed by atoms with Gasteiger partial charge in [-0.15, -0.1) is 0 Å². The van der Waals surface area contributed by atoms with E-state index in [1.54, 1.807) is 12.1 Å². The van der Waals surface area contributed by atoms with Crippen LogP contribution in [0.1, 0.15) is 22.3 Å². The topological polar surface area (TPSA) is 70.3 Å². The van der Waals surface area contributed by atoms with Crippen molar-refractivity contribution in [2.45, 2.75) is 19.9 Å². The van der Waals surface area contributed by atoms with Crippen LogP contribution in [0.5, 0.6) is 0 Å². The number of nitrogens with one attached hydrogen (secondary N) is 1. The molecular formula is C16H16BrN2O3+. The Morgan fingerprint density at radius 1 is 1.23 bits per heavy atom. The second kappa shape index (κ2) is 7.17. The van der Waals surface area contributed by atoms with E-state index in [1.165, 1.54) is 6.07 Å². The van der Waals surface area contributed by atoms with Crippen LogP contribution in [0.25, 0.3) is 0 Å². The minimum absolute atomic E-state index is 0.0608. The van der Waals surface area contributed by atoms with Crippen molar-refractivity contribution in [2.75, 3.05) is 5.32 Å². The minimum Gasteiger partial charge on any atom is -0.478 e. The Hall–Kier alpha value is -2.21. The highest BCUT2D eigenvalue weighted by molar-refractivity contribution is 9.10. The van der Waals surface area contributed by atoms with Crippen LogP contribution in [0.15, 0.2) is 47.2 Å². The quantitative estimate of drug-likeness (QED) is 0.802. The number of aromatic nitrogens is 1. The molecule has 1 amide bonds. The fourth-order valence-corrected chi connectivity index (χ4v) is 2.29. The Labute approximate surface area is 136 Å². The number of benzene rings is 1. The predicted molar refractivity (Wildman–Crippen MR) is 85.7 cm³/mol. The molecule has 0 bridgehead atoms. The van der Waals surface area contributed by atoms with Crippen molar-refractivity contribution in [1.29, 1.82) is 0 Å². The molecule has 22 heavy (non-hydrogen) atoms. The molecule has 0 aliphatic rings. The van der Waals surface area contributed by atoms with Crippen LogP contribution in [0.3, 0.4) is 0 Å². The van der Waals surface area contributed by atoms with E-state index in [4.69, 9.17) is 5.11 Å². The monoisotopic (exact) mass is 363 g/mol. The van der Waals surface area contributed by atoms with Gasteiger partial charge in [-0.2, -0.15) is 0 Å². The van der Waals surface area contributed by atoms with Gasteiger partial charge in [0.15, 0.2) is 18.9 Å². The number of carbonyl (C=O) groups is 2. The summed E-state index contributed by atoms with van der Waals surface area (Å²) in [6.45, 7) is 2.53. The summed E-state index contributed by atoms with van der Waals surface area (Å²) in [7, 11) is 0. The zero-order valence-electron chi connectivity index (χ0n) is 12.0. The molecule has 1 aromatic carbocycles. The molecule has 0 aliphatic carbocycles. The molecule has 0 aliphatic heterocycles. The van der Waals surface area contributed by atoms with Gasteiger partial charge in [0.1, 0.15) is 0 Å². The number of amides is 1. The number of carboxylic acid groups (broad SMARTS) is 1. The van der Waals surface area contributed by atoms with Crippen LogP contribution in [-0.4, -0.2) is 17.0 Å². The minimum atomic E-state index is -1.08. The first-order valence-corrected chi connectivity index (χ1v) is 7.53. The highest BCUT2D eigenvalue weighted by Crippen LogP contribution is 2.21. The number of hydrogen-bond donors (Lipinski definition) is 2. The highest BCUT2D eigenvalue weighted by Gasteiger charge is 2.14. The van der Waals surface area contributed by atoms with Crippen molar-refractivity contribution in [2.24, 2.45) is 0 Å². The highest BCUT2D eigenvalue weighted by atomic mass is 79.9. The molecule has 2 rings (SSSR count). The van der Waals surface area contributed by atoms with Crippen molar-refractivity contribution in [3.05, 3.63) is 58.3 Å². The van der Waals surface area contributed by atoms with E-state index in [1.807, 2.05) is 36.0 Å². The molecule has 114 valence electrons. The molecule has 0 fully saturated rings. The number of carboxylic acids is 1. The van der Waals surface area contributed by atoms with Gasteiger partial charge in [0.05, 0.1) is 17.7 Å². The van der Waals surface area contributed by atoms with Gasteiger partial charge in [0.25, 0.3) is 0 Å². The number of carbonyl (C=O) groups excluding carboxylic acids is 1. The van der Waals surface area contributed by atoms with Crippen molar-refractivity contribution < 1.29 is 19.3 Å². The summed E-state index contributed by atoms with van der Waals surface area (Å²) >= 11 is 3.22. The number of rotatable bonds is 5. The summed E-state index contributed by atoms with van der Waals surface area (Å²) < 4.78 is 2.56. The van der Waals surface area contributed by atoms with E-state index in [9.17, 15) is 9.59 Å². The second-order valence-corrected chi connectivity index (χ2v) is 5.82. The molecule has 0 radical (unpaired) electrons. The third-order valence-corrected chi connectivity index (χ3v) is 3.63. The van der Waals surface area contributed by atoms with Gasteiger partial charge in [-0.3, -0.25) is 4.79 Å². The van der Waals surface area contributed by atoms with Gasteiger partial charge < -0.3 is 10.4 Å². The Bertz CT molecular complexity index is 699. The number of pyridine rings is 1. The van der Waals surface area contributed by atoms with Crippen LogP contribution < -0.4 is 9.88 Å². The summed E-state index contributed by atoms with van der Waals surface area (Å²) in [5, 5.41) is 11.8. The van der Waals surface area contributed by atoms with Gasteiger partial charge in [0, 0.05) is 16.6 Å². The number of nitrogens with zero attached hydrogens (tertiary/aromatic N) is 1. The molecule has 0 saturated heterocycles. The number of aryl methyl sites for hydroxylation is 2. The smallest absolute Gasteiger partial charge is 0.337 e. The molecule has 2 aromatic rings. The van der Waals surface area contributed by atoms with Gasteiger partial charge in [-0.1, -0.05) is 15.9 Å². The number of anilines is 1. The zero-order chi connectivity index (χ0) is 16.1. The van der Waals surface area contributed by atoms with E-state index in [-0.39, 0.29) is 17.9 Å². The zero-order valence-corrected chi connectivity index (χ0v) is 13.6. The number of hydrogen-bond acceptors (Lipinski definition) is 2. The molecule has 0 unspecified atom stereocenters. The first kappa shape index (κ1) is 16.2. The fourth-order valence-electron chi connectivity index (χ4n) is 1.93. The number of halogens is 1. The molecular weight excluding hydrogens is 348 g/mol. The molecule has 1 aromatic heterocycles. The van der Waals surface area contributed by atoms with E-state index < -0.39 is 5.97 Å². The Morgan fingerprint density at radius 2 is 1.91 bits per heavy atom. The maximum Gasteiger partial charge on any atom is 0.337 e.